The van der Waals surface area contributed by atoms with Crippen LogP contribution in [0.25, 0.3) is 0 Å². The van der Waals surface area contributed by atoms with E-state index in [4.69, 9.17) is 14.7 Å². The summed E-state index contributed by atoms with van der Waals surface area (Å²) in [7, 11) is 0. The van der Waals surface area contributed by atoms with Crippen molar-refractivity contribution in [2.24, 2.45) is 5.92 Å². The minimum Gasteiger partial charge on any atom is -0.339 e. The molecule has 0 aromatic heterocycles. The van der Waals surface area contributed by atoms with E-state index in [2.05, 4.69) is 4.89 Å². The maximum absolute atomic E-state index is 12.3. The fraction of sp³-hybridized carbons (Fsp3) is 0.571. The van der Waals surface area contributed by atoms with Gasteiger partial charge in [0.15, 0.2) is 6.29 Å². The number of hydrogen-bond acceptors (Lipinski definition) is 4. The first-order valence-electron chi connectivity index (χ1n) is 6.56. The summed E-state index contributed by atoms with van der Waals surface area (Å²) in [6.07, 6.45) is -6.75. The number of rotatable bonds is 4. The van der Waals surface area contributed by atoms with Gasteiger partial charge in [-0.3, -0.25) is 0 Å². The molecule has 1 aliphatic heterocycles. The van der Waals surface area contributed by atoms with Crippen molar-refractivity contribution in [2.45, 2.75) is 38.5 Å². The number of ether oxygens (including phenoxy) is 2. The quantitative estimate of drug-likeness (QED) is 0.678. The second-order valence-corrected chi connectivity index (χ2v) is 5.27. The SMILES string of the molecule is CC(C)C1c2ccccc2C(OCC(F)(F)F)OC1OO. The van der Waals surface area contributed by atoms with Gasteiger partial charge in [-0.05, 0) is 11.5 Å². The lowest BCUT2D eigenvalue weighted by molar-refractivity contribution is -0.392. The Bertz CT molecular complexity index is 476. The molecule has 7 heteroatoms. The van der Waals surface area contributed by atoms with Gasteiger partial charge in [-0.1, -0.05) is 38.1 Å². The van der Waals surface area contributed by atoms with Crippen LogP contribution in [0.2, 0.25) is 0 Å². The van der Waals surface area contributed by atoms with Crippen molar-refractivity contribution < 1.29 is 32.8 Å². The van der Waals surface area contributed by atoms with Crippen LogP contribution in [0, 0.1) is 5.92 Å². The predicted octanol–water partition coefficient (Wildman–Crippen LogP) is 3.85. The molecule has 0 aliphatic carbocycles. The fourth-order valence-electron chi connectivity index (χ4n) is 2.52. The van der Waals surface area contributed by atoms with Crippen LogP contribution >= 0.6 is 0 Å². The van der Waals surface area contributed by atoms with Crippen molar-refractivity contribution in [3.8, 4) is 0 Å². The lowest BCUT2D eigenvalue weighted by Gasteiger charge is -2.38. The minimum absolute atomic E-state index is 0.0619. The Labute approximate surface area is 120 Å². The van der Waals surface area contributed by atoms with Crippen LogP contribution in [0.5, 0.6) is 0 Å². The summed E-state index contributed by atoms with van der Waals surface area (Å²) in [5.41, 5.74) is 1.28. The summed E-state index contributed by atoms with van der Waals surface area (Å²) in [4.78, 5) is 4.30. The molecule has 0 amide bonds. The van der Waals surface area contributed by atoms with Crippen LogP contribution in [-0.4, -0.2) is 24.3 Å². The highest BCUT2D eigenvalue weighted by Crippen LogP contribution is 2.42. The summed E-state index contributed by atoms with van der Waals surface area (Å²) >= 11 is 0. The highest BCUT2D eigenvalue weighted by molar-refractivity contribution is 5.34. The summed E-state index contributed by atoms with van der Waals surface area (Å²) in [6, 6.07) is 6.90. The number of benzene rings is 1. The molecule has 0 fully saturated rings. The van der Waals surface area contributed by atoms with Crippen LogP contribution in [0.3, 0.4) is 0 Å². The minimum atomic E-state index is -4.46. The van der Waals surface area contributed by atoms with E-state index < -0.39 is 25.4 Å². The van der Waals surface area contributed by atoms with Gasteiger partial charge in [-0.15, -0.1) is 0 Å². The Morgan fingerprint density at radius 3 is 2.38 bits per heavy atom. The van der Waals surface area contributed by atoms with E-state index >= 15 is 0 Å². The van der Waals surface area contributed by atoms with Gasteiger partial charge in [0.1, 0.15) is 6.61 Å². The molecular formula is C14H17F3O4. The van der Waals surface area contributed by atoms with Crippen molar-refractivity contribution >= 4 is 0 Å². The Kier molecular flexibility index (Phi) is 4.88. The van der Waals surface area contributed by atoms with E-state index in [0.717, 1.165) is 5.56 Å². The molecule has 1 heterocycles. The molecule has 3 atom stereocenters. The summed E-state index contributed by atoms with van der Waals surface area (Å²) in [6.45, 7) is 2.39. The van der Waals surface area contributed by atoms with E-state index in [-0.39, 0.29) is 11.8 Å². The maximum Gasteiger partial charge on any atom is 0.411 e. The molecule has 0 spiro atoms. The van der Waals surface area contributed by atoms with Crippen molar-refractivity contribution in [2.75, 3.05) is 6.61 Å². The normalized spacial score (nSPS) is 26.0. The van der Waals surface area contributed by atoms with Gasteiger partial charge in [-0.2, -0.15) is 13.2 Å². The van der Waals surface area contributed by atoms with E-state index in [0.29, 0.717) is 5.56 Å². The largest absolute Gasteiger partial charge is 0.411 e. The summed E-state index contributed by atoms with van der Waals surface area (Å²) in [5.74, 6) is -0.233. The smallest absolute Gasteiger partial charge is 0.339 e. The predicted molar refractivity (Wildman–Crippen MR) is 67.4 cm³/mol. The molecule has 1 N–H and O–H groups in total. The lowest BCUT2D eigenvalue weighted by atomic mass is 9.83. The van der Waals surface area contributed by atoms with Crippen molar-refractivity contribution in [3.63, 3.8) is 0 Å². The molecular weight excluding hydrogens is 289 g/mol. The molecule has 1 aromatic carbocycles. The summed E-state index contributed by atoms with van der Waals surface area (Å²) < 4.78 is 47.1. The second kappa shape index (κ2) is 6.31. The number of hydrogen-bond donors (Lipinski definition) is 1. The van der Waals surface area contributed by atoms with Crippen LogP contribution in [0.4, 0.5) is 13.2 Å². The summed E-state index contributed by atoms with van der Waals surface area (Å²) in [5, 5.41) is 8.98. The van der Waals surface area contributed by atoms with E-state index in [1.807, 2.05) is 13.8 Å². The van der Waals surface area contributed by atoms with Gasteiger partial charge < -0.3 is 9.47 Å². The molecule has 118 valence electrons. The van der Waals surface area contributed by atoms with Crippen LogP contribution < -0.4 is 0 Å². The van der Waals surface area contributed by atoms with Gasteiger partial charge in [0.25, 0.3) is 0 Å². The highest BCUT2D eigenvalue weighted by Gasteiger charge is 2.40. The third kappa shape index (κ3) is 3.74. The molecule has 1 aromatic rings. The third-order valence-corrected chi connectivity index (χ3v) is 3.38. The standard InChI is InChI=1S/C14H17F3O4/c1-8(2)11-9-5-3-4-6-10(9)12(20-13(11)21-18)19-7-14(15,16)17/h3-6,8,11-13,18H,7H2,1-2H3. The molecule has 1 aliphatic rings. The first-order chi connectivity index (χ1) is 9.83. The van der Waals surface area contributed by atoms with E-state index in [9.17, 15) is 13.2 Å². The number of alkyl halides is 3. The molecule has 0 saturated carbocycles. The monoisotopic (exact) mass is 306 g/mol. The average molecular weight is 306 g/mol. The molecule has 4 nitrogen and oxygen atoms in total. The van der Waals surface area contributed by atoms with Gasteiger partial charge >= 0.3 is 6.18 Å². The fourth-order valence-corrected chi connectivity index (χ4v) is 2.52. The Morgan fingerprint density at radius 1 is 1.24 bits per heavy atom. The number of halogens is 3. The first kappa shape index (κ1) is 16.2. The maximum atomic E-state index is 12.3. The van der Waals surface area contributed by atoms with Crippen molar-refractivity contribution in [1.82, 2.24) is 0 Å². The van der Waals surface area contributed by atoms with Gasteiger partial charge in [0.05, 0.1) is 0 Å². The molecule has 2 rings (SSSR count). The van der Waals surface area contributed by atoms with E-state index in [1.165, 1.54) is 0 Å². The van der Waals surface area contributed by atoms with Gasteiger partial charge in [0, 0.05) is 11.5 Å². The second-order valence-electron chi connectivity index (χ2n) is 5.27. The average Bonchev–Trinajstić information content (AvgIpc) is 2.42. The van der Waals surface area contributed by atoms with Gasteiger partial charge in [-0.25, -0.2) is 10.1 Å². The van der Waals surface area contributed by atoms with E-state index in [1.54, 1.807) is 24.3 Å². The zero-order valence-corrected chi connectivity index (χ0v) is 11.6. The molecule has 0 saturated heterocycles. The van der Waals surface area contributed by atoms with Crippen LogP contribution in [-0.2, 0) is 14.4 Å². The van der Waals surface area contributed by atoms with Gasteiger partial charge in [0.2, 0.25) is 6.29 Å². The highest BCUT2D eigenvalue weighted by atomic mass is 19.4. The Morgan fingerprint density at radius 2 is 1.86 bits per heavy atom. The van der Waals surface area contributed by atoms with Crippen LogP contribution in [0.15, 0.2) is 24.3 Å². The van der Waals surface area contributed by atoms with Crippen molar-refractivity contribution in [3.05, 3.63) is 35.4 Å². The molecule has 0 radical (unpaired) electrons. The zero-order chi connectivity index (χ0) is 15.6. The molecule has 0 bridgehead atoms. The lowest BCUT2D eigenvalue weighted by Crippen LogP contribution is -2.37. The topological polar surface area (TPSA) is 47.9 Å². The molecule has 21 heavy (non-hydrogen) atoms. The Balaban J connectivity index is 2.30. The molecule has 3 unspecified atom stereocenters. The first-order valence-corrected chi connectivity index (χ1v) is 6.56. The van der Waals surface area contributed by atoms with Crippen LogP contribution in [0.1, 0.15) is 37.2 Å². The Hall–Kier alpha value is -1.15. The third-order valence-electron chi connectivity index (χ3n) is 3.38. The number of fused-ring (bicyclic) bond motifs is 1. The zero-order valence-electron chi connectivity index (χ0n) is 11.6. The van der Waals surface area contributed by atoms with Crippen molar-refractivity contribution in [1.29, 1.82) is 0 Å².